The molecule has 0 unspecified atom stereocenters. The Balaban J connectivity index is 1.85. The monoisotopic (exact) mass is 454 g/mol. The first kappa shape index (κ1) is 23.3. The Kier molecular flexibility index (Phi) is 7.50. The summed E-state index contributed by atoms with van der Waals surface area (Å²) < 4.78 is 38.0. The lowest BCUT2D eigenvalue weighted by Gasteiger charge is -2.19. The first-order chi connectivity index (χ1) is 15.4. The van der Waals surface area contributed by atoms with Crippen LogP contribution >= 0.6 is 0 Å². The number of nitrogens with one attached hydrogen (secondary N) is 1. The van der Waals surface area contributed by atoms with Gasteiger partial charge in [0.15, 0.2) is 0 Å². The van der Waals surface area contributed by atoms with Gasteiger partial charge in [-0.05, 0) is 49.4 Å². The van der Waals surface area contributed by atoms with Gasteiger partial charge in [-0.2, -0.15) is 4.31 Å². The van der Waals surface area contributed by atoms with Crippen LogP contribution < -0.4 is 14.8 Å². The average molecular weight is 455 g/mol. The zero-order valence-electron chi connectivity index (χ0n) is 18.2. The molecule has 8 heteroatoms. The summed E-state index contributed by atoms with van der Waals surface area (Å²) in [5.41, 5.74) is 1.50. The Labute approximate surface area is 188 Å². The number of nitrogens with zero attached hydrogens (tertiary/aromatic N) is 1. The SMILES string of the molecule is CCOc1ccccc1NC(=O)c1ccc(OC)c(CN(C)S(=O)(=O)c2ccccc2)c1. The van der Waals surface area contributed by atoms with Crippen LogP contribution in [0.4, 0.5) is 5.69 Å². The summed E-state index contributed by atoms with van der Waals surface area (Å²) in [7, 11) is -0.700. The Morgan fingerprint density at radius 1 is 0.969 bits per heavy atom. The molecule has 0 heterocycles. The number of ether oxygens (including phenoxy) is 2. The molecule has 3 aromatic carbocycles. The topological polar surface area (TPSA) is 84.9 Å². The maximum atomic E-state index is 12.9. The predicted octanol–water partition coefficient (Wildman–Crippen LogP) is 4.17. The zero-order valence-corrected chi connectivity index (χ0v) is 19.1. The molecular formula is C24H26N2O5S. The first-order valence-corrected chi connectivity index (χ1v) is 11.5. The number of rotatable bonds is 9. The van der Waals surface area contributed by atoms with Crippen LogP contribution in [0.3, 0.4) is 0 Å². The summed E-state index contributed by atoms with van der Waals surface area (Å²) in [5, 5.41) is 2.85. The number of para-hydroxylation sites is 2. The van der Waals surface area contributed by atoms with Crippen LogP contribution in [-0.2, 0) is 16.6 Å². The largest absolute Gasteiger partial charge is 0.496 e. The van der Waals surface area contributed by atoms with Gasteiger partial charge in [0, 0.05) is 24.7 Å². The quantitative estimate of drug-likeness (QED) is 0.525. The molecule has 0 saturated heterocycles. The van der Waals surface area contributed by atoms with Crippen molar-refractivity contribution in [2.75, 3.05) is 26.1 Å². The highest BCUT2D eigenvalue weighted by Gasteiger charge is 2.22. The fourth-order valence-electron chi connectivity index (χ4n) is 3.19. The molecule has 0 saturated carbocycles. The molecule has 0 aliphatic carbocycles. The van der Waals surface area contributed by atoms with Crippen molar-refractivity contribution in [3.05, 3.63) is 83.9 Å². The third kappa shape index (κ3) is 5.27. The van der Waals surface area contributed by atoms with Crippen molar-refractivity contribution in [1.29, 1.82) is 0 Å². The van der Waals surface area contributed by atoms with Gasteiger partial charge in [0.2, 0.25) is 10.0 Å². The molecule has 0 aromatic heterocycles. The van der Waals surface area contributed by atoms with Gasteiger partial charge in [-0.15, -0.1) is 0 Å². The Morgan fingerprint density at radius 3 is 2.34 bits per heavy atom. The molecule has 168 valence electrons. The molecule has 3 aromatic rings. The number of benzene rings is 3. The molecule has 0 fully saturated rings. The molecule has 7 nitrogen and oxygen atoms in total. The highest BCUT2D eigenvalue weighted by atomic mass is 32.2. The molecule has 32 heavy (non-hydrogen) atoms. The van der Waals surface area contributed by atoms with Crippen LogP contribution in [0, 0.1) is 0 Å². The first-order valence-electron chi connectivity index (χ1n) is 10.1. The van der Waals surface area contributed by atoms with Crippen molar-refractivity contribution < 1.29 is 22.7 Å². The van der Waals surface area contributed by atoms with E-state index in [2.05, 4.69) is 5.32 Å². The van der Waals surface area contributed by atoms with Crippen LogP contribution in [0.25, 0.3) is 0 Å². The lowest BCUT2D eigenvalue weighted by Crippen LogP contribution is -2.27. The van der Waals surface area contributed by atoms with Crippen LogP contribution in [0.5, 0.6) is 11.5 Å². The number of carbonyl (C=O) groups excluding carboxylic acids is 1. The second-order valence-corrected chi connectivity index (χ2v) is 9.03. The Hall–Kier alpha value is -3.36. The molecule has 1 amide bonds. The standard InChI is InChI=1S/C24H26N2O5S/c1-4-31-23-13-9-8-12-21(23)25-24(27)18-14-15-22(30-3)19(16-18)17-26(2)32(28,29)20-10-6-5-7-11-20/h5-16H,4,17H2,1-3H3,(H,25,27). The summed E-state index contributed by atoms with van der Waals surface area (Å²) >= 11 is 0. The molecule has 0 aliphatic rings. The number of anilines is 1. The molecular weight excluding hydrogens is 428 g/mol. The van der Waals surface area contributed by atoms with Crippen molar-refractivity contribution in [2.45, 2.75) is 18.4 Å². The van der Waals surface area contributed by atoms with Gasteiger partial charge in [-0.3, -0.25) is 4.79 Å². The lowest BCUT2D eigenvalue weighted by molar-refractivity contribution is 0.102. The summed E-state index contributed by atoms with van der Waals surface area (Å²) in [5.74, 6) is 0.728. The molecule has 0 spiro atoms. The summed E-state index contributed by atoms with van der Waals surface area (Å²) in [6, 6.07) is 20.3. The third-order valence-electron chi connectivity index (χ3n) is 4.82. The minimum atomic E-state index is -3.70. The Bertz CT molecular complexity index is 1180. The molecule has 0 atom stereocenters. The van der Waals surface area contributed by atoms with Crippen molar-refractivity contribution in [2.24, 2.45) is 0 Å². The molecule has 0 bridgehead atoms. The zero-order chi connectivity index (χ0) is 23.1. The van der Waals surface area contributed by atoms with Crippen LogP contribution in [0.15, 0.2) is 77.7 Å². The van der Waals surface area contributed by atoms with Gasteiger partial charge in [0.05, 0.1) is 24.3 Å². The number of amides is 1. The average Bonchev–Trinajstić information content (AvgIpc) is 2.81. The highest BCUT2D eigenvalue weighted by molar-refractivity contribution is 7.89. The van der Waals surface area contributed by atoms with E-state index in [0.717, 1.165) is 0 Å². The van der Waals surface area contributed by atoms with E-state index >= 15 is 0 Å². The molecule has 0 aliphatic heterocycles. The maximum Gasteiger partial charge on any atom is 0.255 e. The second kappa shape index (κ2) is 10.3. The van der Waals surface area contributed by atoms with Crippen LogP contribution in [0.2, 0.25) is 0 Å². The van der Waals surface area contributed by atoms with Gasteiger partial charge in [0.1, 0.15) is 11.5 Å². The van der Waals surface area contributed by atoms with E-state index in [1.165, 1.54) is 18.5 Å². The normalized spacial score (nSPS) is 11.2. The number of hydrogen-bond donors (Lipinski definition) is 1. The summed E-state index contributed by atoms with van der Waals surface area (Å²) in [4.78, 5) is 13.1. The molecule has 1 N–H and O–H groups in total. The summed E-state index contributed by atoms with van der Waals surface area (Å²) in [6.45, 7) is 2.38. The van der Waals surface area contributed by atoms with E-state index in [4.69, 9.17) is 9.47 Å². The number of hydrogen-bond acceptors (Lipinski definition) is 5. The number of sulfonamides is 1. The van der Waals surface area contributed by atoms with E-state index in [9.17, 15) is 13.2 Å². The van der Waals surface area contributed by atoms with Crippen LogP contribution in [-0.4, -0.2) is 39.4 Å². The van der Waals surface area contributed by atoms with E-state index in [1.54, 1.807) is 66.7 Å². The molecule has 3 rings (SSSR count). The predicted molar refractivity (Wildman–Crippen MR) is 124 cm³/mol. The smallest absolute Gasteiger partial charge is 0.255 e. The van der Waals surface area contributed by atoms with Crippen molar-refractivity contribution >= 4 is 21.6 Å². The van der Waals surface area contributed by atoms with Gasteiger partial charge >= 0.3 is 0 Å². The number of carbonyl (C=O) groups is 1. The van der Waals surface area contributed by atoms with Gasteiger partial charge in [0.25, 0.3) is 5.91 Å². The fourth-order valence-corrected chi connectivity index (χ4v) is 4.36. The van der Waals surface area contributed by atoms with Crippen molar-refractivity contribution in [1.82, 2.24) is 4.31 Å². The van der Waals surface area contributed by atoms with Gasteiger partial charge < -0.3 is 14.8 Å². The van der Waals surface area contributed by atoms with E-state index in [1.807, 2.05) is 13.0 Å². The maximum absolute atomic E-state index is 12.9. The van der Waals surface area contributed by atoms with Gasteiger partial charge in [-0.1, -0.05) is 30.3 Å². The Morgan fingerprint density at radius 2 is 1.66 bits per heavy atom. The van der Waals surface area contributed by atoms with Crippen molar-refractivity contribution in [3.8, 4) is 11.5 Å². The van der Waals surface area contributed by atoms with Gasteiger partial charge in [-0.25, -0.2) is 8.42 Å². The number of methoxy groups -OCH3 is 1. The minimum Gasteiger partial charge on any atom is -0.496 e. The fraction of sp³-hybridized carbons (Fsp3) is 0.208. The van der Waals surface area contributed by atoms with E-state index < -0.39 is 10.0 Å². The van der Waals surface area contributed by atoms with E-state index in [-0.39, 0.29) is 17.3 Å². The van der Waals surface area contributed by atoms with Crippen molar-refractivity contribution in [3.63, 3.8) is 0 Å². The third-order valence-corrected chi connectivity index (χ3v) is 6.64. The highest BCUT2D eigenvalue weighted by Crippen LogP contribution is 2.27. The summed E-state index contributed by atoms with van der Waals surface area (Å²) in [6.07, 6.45) is 0. The van der Waals surface area contributed by atoms with Crippen LogP contribution in [0.1, 0.15) is 22.8 Å². The van der Waals surface area contributed by atoms with E-state index in [0.29, 0.717) is 34.9 Å². The second-order valence-electron chi connectivity index (χ2n) is 6.98. The lowest BCUT2D eigenvalue weighted by atomic mass is 10.1. The minimum absolute atomic E-state index is 0.0387. The molecule has 0 radical (unpaired) electrons.